The summed E-state index contributed by atoms with van der Waals surface area (Å²) in [6.45, 7) is 15.8. The van der Waals surface area contributed by atoms with Gasteiger partial charge in [0.1, 0.15) is 0 Å². The van der Waals surface area contributed by atoms with Crippen molar-refractivity contribution in [2.75, 3.05) is 0 Å². The Bertz CT molecular complexity index is 496. The Morgan fingerprint density at radius 2 is 1.52 bits per heavy atom. The molecule has 25 heavy (non-hydrogen) atoms. The Hall–Kier alpha value is -0.300. The summed E-state index contributed by atoms with van der Waals surface area (Å²) >= 11 is 0. The summed E-state index contributed by atoms with van der Waals surface area (Å²) in [5, 5.41) is 10.1. The van der Waals surface area contributed by atoms with Gasteiger partial charge in [0.25, 0.3) is 0 Å². The minimum Gasteiger partial charge on any atom is -0.393 e. The maximum absolute atomic E-state index is 10.1. The standard InChI is InChI=1S/C22H36O.C2H6/c1-14(2)18-7-8-19-17-6-5-15-13-16(23)9-11-21(15,3)20(17)10-12-22(18,19)4;1-2/h15-20,23H,1,5-13H2,2-4H3;1-2H3. The molecule has 0 aromatic rings. The van der Waals surface area contributed by atoms with Gasteiger partial charge in [-0.25, -0.2) is 0 Å². The highest BCUT2D eigenvalue weighted by molar-refractivity contribution is 5.15. The second kappa shape index (κ2) is 7.02. The van der Waals surface area contributed by atoms with Crippen molar-refractivity contribution in [1.29, 1.82) is 0 Å². The van der Waals surface area contributed by atoms with Crippen LogP contribution in [-0.2, 0) is 0 Å². The summed E-state index contributed by atoms with van der Waals surface area (Å²) in [6, 6.07) is 0. The highest BCUT2D eigenvalue weighted by atomic mass is 16.3. The van der Waals surface area contributed by atoms with Crippen molar-refractivity contribution in [3.8, 4) is 0 Å². The molecule has 4 aliphatic carbocycles. The number of hydrogen-bond acceptors (Lipinski definition) is 1. The van der Waals surface area contributed by atoms with Gasteiger partial charge in [0.15, 0.2) is 0 Å². The van der Waals surface area contributed by atoms with Gasteiger partial charge in [-0.2, -0.15) is 0 Å². The van der Waals surface area contributed by atoms with E-state index in [9.17, 15) is 5.11 Å². The highest BCUT2D eigenvalue weighted by Crippen LogP contribution is 2.68. The molecule has 0 aromatic carbocycles. The first-order valence-corrected chi connectivity index (χ1v) is 11.2. The zero-order chi connectivity index (χ0) is 18.4. The van der Waals surface area contributed by atoms with Crippen LogP contribution in [0.4, 0.5) is 0 Å². The Labute approximate surface area is 156 Å². The van der Waals surface area contributed by atoms with Crippen molar-refractivity contribution in [1.82, 2.24) is 0 Å². The maximum atomic E-state index is 10.1. The Morgan fingerprint density at radius 3 is 2.20 bits per heavy atom. The molecule has 0 saturated heterocycles. The lowest BCUT2D eigenvalue weighted by molar-refractivity contribution is -0.124. The summed E-state index contributed by atoms with van der Waals surface area (Å²) in [5.41, 5.74) is 2.49. The van der Waals surface area contributed by atoms with E-state index in [1.165, 1.54) is 50.5 Å². The zero-order valence-electron chi connectivity index (χ0n) is 17.5. The van der Waals surface area contributed by atoms with Crippen LogP contribution >= 0.6 is 0 Å². The van der Waals surface area contributed by atoms with Crippen LogP contribution in [0.15, 0.2) is 12.2 Å². The normalized spacial score (nSPS) is 51.4. The molecule has 4 fully saturated rings. The van der Waals surface area contributed by atoms with Crippen LogP contribution in [-0.4, -0.2) is 11.2 Å². The Balaban J connectivity index is 0.000000880. The third-order valence-electron chi connectivity index (χ3n) is 9.23. The molecule has 4 rings (SSSR count). The van der Waals surface area contributed by atoms with Gasteiger partial charge in [0.05, 0.1) is 6.10 Å². The summed E-state index contributed by atoms with van der Waals surface area (Å²) in [6.07, 6.45) is 11.9. The molecular weight excluding hydrogens is 304 g/mol. The summed E-state index contributed by atoms with van der Waals surface area (Å²) in [7, 11) is 0. The van der Waals surface area contributed by atoms with Crippen LogP contribution in [0.5, 0.6) is 0 Å². The fourth-order valence-electron chi connectivity index (χ4n) is 8.04. The Morgan fingerprint density at radius 1 is 0.880 bits per heavy atom. The molecule has 1 heteroatoms. The smallest absolute Gasteiger partial charge is 0.0543 e. The van der Waals surface area contributed by atoms with E-state index in [1.54, 1.807) is 0 Å². The zero-order valence-corrected chi connectivity index (χ0v) is 17.5. The molecule has 4 aliphatic rings. The molecule has 0 spiro atoms. The average Bonchev–Trinajstić information content (AvgIpc) is 2.95. The molecule has 0 heterocycles. The van der Waals surface area contributed by atoms with E-state index in [2.05, 4.69) is 27.4 Å². The number of allylic oxidation sites excluding steroid dienone is 1. The van der Waals surface area contributed by atoms with E-state index < -0.39 is 0 Å². The van der Waals surface area contributed by atoms with E-state index in [0.717, 1.165) is 42.4 Å². The molecule has 8 unspecified atom stereocenters. The highest BCUT2D eigenvalue weighted by Gasteiger charge is 2.60. The van der Waals surface area contributed by atoms with Crippen molar-refractivity contribution in [3.63, 3.8) is 0 Å². The predicted octanol–water partition coefficient (Wildman–Crippen LogP) is 6.61. The number of hydrogen-bond donors (Lipinski definition) is 1. The van der Waals surface area contributed by atoms with Gasteiger partial charge in [-0.05, 0) is 105 Å². The molecule has 4 saturated carbocycles. The van der Waals surface area contributed by atoms with Gasteiger partial charge in [-0.1, -0.05) is 39.8 Å². The molecule has 1 N–H and O–H groups in total. The SMILES string of the molecule is C=C(C)C1CCC2C3CCC4CC(O)CCC4(C)C3CCC12C.CC. The lowest BCUT2D eigenvalue weighted by Crippen LogP contribution is -2.53. The third kappa shape index (κ3) is 2.93. The maximum Gasteiger partial charge on any atom is 0.0543 e. The van der Waals surface area contributed by atoms with Crippen molar-refractivity contribution in [2.45, 2.75) is 98.5 Å². The van der Waals surface area contributed by atoms with Gasteiger partial charge in [-0.15, -0.1) is 0 Å². The minimum absolute atomic E-state index is 0.0160. The topological polar surface area (TPSA) is 20.2 Å². The third-order valence-corrected chi connectivity index (χ3v) is 9.23. The second-order valence-corrected chi connectivity index (χ2v) is 10.1. The van der Waals surface area contributed by atoms with E-state index in [1.807, 2.05) is 13.8 Å². The van der Waals surface area contributed by atoms with Crippen LogP contribution in [0.3, 0.4) is 0 Å². The van der Waals surface area contributed by atoms with Crippen LogP contribution in [0, 0.1) is 40.4 Å². The number of aliphatic hydroxyl groups excluding tert-OH is 1. The lowest BCUT2D eigenvalue weighted by Gasteiger charge is -2.61. The monoisotopic (exact) mass is 346 g/mol. The van der Waals surface area contributed by atoms with Crippen molar-refractivity contribution >= 4 is 0 Å². The molecule has 0 radical (unpaired) electrons. The van der Waals surface area contributed by atoms with E-state index in [0.29, 0.717) is 10.8 Å². The van der Waals surface area contributed by atoms with Gasteiger partial charge in [0.2, 0.25) is 0 Å². The minimum atomic E-state index is -0.0160. The first-order valence-electron chi connectivity index (χ1n) is 11.2. The van der Waals surface area contributed by atoms with Crippen molar-refractivity contribution < 1.29 is 5.11 Å². The van der Waals surface area contributed by atoms with E-state index >= 15 is 0 Å². The number of fused-ring (bicyclic) bond motifs is 5. The molecule has 0 aliphatic heterocycles. The predicted molar refractivity (Wildman–Crippen MR) is 107 cm³/mol. The van der Waals surface area contributed by atoms with Crippen molar-refractivity contribution in [3.05, 3.63) is 12.2 Å². The average molecular weight is 347 g/mol. The van der Waals surface area contributed by atoms with Crippen LogP contribution < -0.4 is 0 Å². The van der Waals surface area contributed by atoms with Crippen molar-refractivity contribution in [2.24, 2.45) is 40.4 Å². The van der Waals surface area contributed by atoms with Gasteiger partial charge >= 0.3 is 0 Å². The van der Waals surface area contributed by atoms with Gasteiger partial charge in [-0.3, -0.25) is 0 Å². The van der Waals surface area contributed by atoms with Gasteiger partial charge in [0, 0.05) is 0 Å². The summed E-state index contributed by atoms with van der Waals surface area (Å²) < 4.78 is 0. The van der Waals surface area contributed by atoms with Crippen LogP contribution in [0.1, 0.15) is 92.4 Å². The molecule has 8 atom stereocenters. The van der Waals surface area contributed by atoms with Crippen LogP contribution in [0.25, 0.3) is 0 Å². The number of aliphatic hydroxyl groups is 1. The fraction of sp³-hybridized carbons (Fsp3) is 0.917. The molecule has 0 bridgehead atoms. The number of rotatable bonds is 1. The summed E-state index contributed by atoms with van der Waals surface area (Å²) in [5.74, 6) is 4.38. The molecule has 0 amide bonds. The molecule has 144 valence electrons. The van der Waals surface area contributed by atoms with Gasteiger partial charge < -0.3 is 5.11 Å². The molecule has 0 aromatic heterocycles. The molecular formula is C24H42O. The molecule has 1 nitrogen and oxygen atoms in total. The Kier molecular flexibility index (Phi) is 5.47. The quantitative estimate of drug-likeness (QED) is 0.530. The van der Waals surface area contributed by atoms with E-state index in [-0.39, 0.29) is 6.10 Å². The first kappa shape index (κ1) is 19.5. The second-order valence-electron chi connectivity index (χ2n) is 10.1. The van der Waals surface area contributed by atoms with E-state index in [4.69, 9.17) is 0 Å². The van der Waals surface area contributed by atoms with Crippen LogP contribution in [0.2, 0.25) is 0 Å². The fourth-order valence-corrected chi connectivity index (χ4v) is 8.04. The summed E-state index contributed by atoms with van der Waals surface area (Å²) in [4.78, 5) is 0. The lowest BCUT2D eigenvalue weighted by atomic mass is 9.44. The first-order chi connectivity index (χ1) is 11.9. The largest absolute Gasteiger partial charge is 0.393 e.